The Balaban J connectivity index is 1.77. The van der Waals surface area contributed by atoms with Crippen LogP contribution >= 0.6 is 0 Å². The van der Waals surface area contributed by atoms with E-state index in [0.29, 0.717) is 18.5 Å². The van der Waals surface area contributed by atoms with Crippen molar-refractivity contribution < 1.29 is 4.79 Å². The van der Waals surface area contributed by atoms with Crippen LogP contribution in [0, 0.1) is 0 Å². The summed E-state index contributed by atoms with van der Waals surface area (Å²) in [6.45, 7) is 6.79. The second-order valence-electron chi connectivity index (χ2n) is 5.89. The van der Waals surface area contributed by atoms with Crippen molar-refractivity contribution in [3.05, 3.63) is 35.9 Å². The highest BCUT2D eigenvalue weighted by atomic mass is 16.2. The predicted octanol–water partition coefficient (Wildman–Crippen LogP) is 2.78. The fourth-order valence-corrected chi connectivity index (χ4v) is 3.00. The number of amides is 1. The number of carbonyl (C=O) groups excluding carboxylic acids is 1. The van der Waals surface area contributed by atoms with E-state index >= 15 is 0 Å². The molecule has 2 atom stereocenters. The van der Waals surface area contributed by atoms with Gasteiger partial charge in [0.05, 0.1) is 6.54 Å². The van der Waals surface area contributed by atoms with E-state index in [1.807, 2.05) is 0 Å². The van der Waals surface area contributed by atoms with Crippen LogP contribution in [0.1, 0.15) is 44.6 Å². The number of hydrogen-bond donors (Lipinski definition) is 1. The smallest absolute Gasteiger partial charge is 0.234 e. The van der Waals surface area contributed by atoms with Crippen molar-refractivity contribution in [3.63, 3.8) is 0 Å². The summed E-state index contributed by atoms with van der Waals surface area (Å²) < 4.78 is 0. The van der Waals surface area contributed by atoms with Gasteiger partial charge in [0.15, 0.2) is 0 Å². The molecule has 1 aromatic carbocycles. The summed E-state index contributed by atoms with van der Waals surface area (Å²) in [5.41, 5.74) is 1.40. The first-order valence-electron chi connectivity index (χ1n) is 7.75. The molecule has 0 radical (unpaired) electrons. The zero-order valence-electron chi connectivity index (χ0n) is 12.6. The van der Waals surface area contributed by atoms with Crippen LogP contribution in [0.15, 0.2) is 30.3 Å². The average molecular weight is 274 g/mol. The lowest BCUT2D eigenvalue weighted by Crippen LogP contribution is -2.40. The topological polar surface area (TPSA) is 32.3 Å². The third-order valence-electron chi connectivity index (χ3n) is 4.04. The molecule has 20 heavy (non-hydrogen) atoms. The monoisotopic (exact) mass is 274 g/mol. The number of carbonyl (C=O) groups is 1. The normalized spacial score (nSPS) is 20.8. The van der Waals surface area contributed by atoms with E-state index in [4.69, 9.17) is 0 Å². The SMILES string of the molecule is CCC[C@H](C)NC(=O)CN1CC[C@@H](c2ccccc2)C1. The van der Waals surface area contributed by atoms with Crippen LogP contribution in [-0.2, 0) is 4.79 Å². The van der Waals surface area contributed by atoms with Crippen LogP contribution in [0.3, 0.4) is 0 Å². The Morgan fingerprint density at radius 1 is 1.40 bits per heavy atom. The molecule has 3 nitrogen and oxygen atoms in total. The maximum atomic E-state index is 12.0. The quantitative estimate of drug-likeness (QED) is 0.865. The molecule has 1 amide bonds. The first-order chi connectivity index (χ1) is 9.69. The molecule has 1 aliphatic rings. The van der Waals surface area contributed by atoms with Crippen LogP contribution in [0.4, 0.5) is 0 Å². The third-order valence-corrected chi connectivity index (χ3v) is 4.04. The lowest BCUT2D eigenvalue weighted by Gasteiger charge is -2.18. The number of likely N-dealkylation sites (tertiary alicyclic amines) is 1. The van der Waals surface area contributed by atoms with E-state index < -0.39 is 0 Å². The molecule has 2 rings (SSSR count). The summed E-state index contributed by atoms with van der Waals surface area (Å²) in [7, 11) is 0. The van der Waals surface area contributed by atoms with E-state index in [2.05, 4.69) is 54.4 Å². The van der Waals surface area contributed by atoms with Gasteiger partial charge in [-0.2, -0.15) is 0 Å². The van der Waals surface area contributed by atoms with E-state index in [9.17, 15) is 4.79 Å². The standard InChI is InChI=1S/C17H26N2O/c1-3-7-14(2)18-17(20)13-19-11-10-16(12-19)15-8-5-4-6-9-15/h4-6,8-9,14,16H,3,7,10-13H2,1-2H3,(H,18,20)/t14-,16+/m0/s1. The van der Waals surface area contributed by atoms with Crippen LogP contribution in [0.5, 0.6) is 0 Å². The molecule has 0 saturated carbocycles. The molecular weight excluding hydrogens is 248 g/mol. The summed E-state index contributed by atoms with van der Waals surface area (Å²) >= 11 is 0. The minimum absolute atomic E-state index is 0.166. The molecule has 0 bridgehead atoms. The van der Waals surface area contributed by atoms with Crippen LogP contribution in [-0.4, -0.2) is 36.5 Å². The molecule has 110 valence electrons. The van der Waals surface area contributed by atoms with Gasteiger partial charge in [0.2, 0.25) is 5.91 Å². The Morgan fingerprint density at radius 3 is 2.85 bits per heavy atom. The van der Waals surface area contributed by atoms with E-state index in [0.717, 1.165) is 32.4 Å². The van der Waals surface area contributed by atoms with E-state index in [1.54, 1.807) is 0 Å². The van der Waals surface area contributed by atoms with Gasteiger partial charge in [0, 0.05) is 12.6 Å². The van der Waals surface area contributed by atoms with Gasteiger partial charge in [0.1, 0.15) is 0 Å². The zero-order chi connectivity index (χ0) is 14.4. The number of nitrogens with zero attached hydrogens (tertiary/aromatic N) is 1. The number of benzene rings is 1. The predicted molar refractivity (Wildman–Crippen MR) is 82.8 cm³/mol. The third kappa shape index (κ3) is 4.34. The van der Waals surface area contributed by atoms with Crippen molar-refractivity contribution in [2.75, 3.05) is 19.6 Å². The van der Waals surface area contributed by atoms with Gasteiger partial charge in [-0.25, -0.2) is 0 Å². The van der Waals surface area contributed by atoms with Crippen molar-refractivity contribution in [1.82, 2.24) is 10.2 Å². The molecule has 0 unspecified atom stereocenters. The van der Waals surface area contributed by atoms with Crippen molar-refractivity contribution >= 4 is 5.91 Å². The highest BCUT2D eigenvalue weighted by molar-refractivity contribution is 5.78. The molecule has 1 N–H and O–H groups in total. The highest BCUT2D eigenvalue weighted by Gasteiger charge is 2.25. The molecule has 1 aromatic rings. The number of hydrogen-bond acceptors (Lipinski definition) is 2. The van der Waals surface area contributed by atoms with E-state index in [-0.39, 0.29) is 5.91 Å². The Kier molecular flexibility index (Phi) is 5.60. The average Bonchev–Trinajstić information content (AvgIpc) is 2.88. The summed E-state index contributed by atoms with van der Waals surface area (Å²) in [4.78, 5) is 14.2. The van der Waals surface area contributed by atoms with Crippen molar-refractivity contribution in [2.45, 2.75) is 45.1 Å². The van der Waals surface area contributed by atoms with Crippen molar-refractivity contribution in [2.24, 2.45) is 0 Å². The first-order valence-corrected chi connectivity index (χ1v) is 7.75. The molecule has 0 spiro atoms. The maximum Gasteiger partial charge on any atom is 0.234 e. The van der Waals surface area contributed by atoms with Crippen molar-refractivity contribution in [3.8, 4) is 0 Å². The van der Waals surface area contributed by atoms with Gasteiger partial charge < -0.3 is 5.32 Å². The lowest BCUT2D eigenvalue weighted by molar-refractivity contribution is -0.122. The lowest BCUT2D eigenvalue weighted by atomic mass is 9.99. The van der Waals surface area contributed by atoms with Crippen LogP contribution in [0.25, 0.3) is 0 Å². The van der Waals surface area contributed by atoms with Gasteiger partial charge in [-0.15, -0.1) is 0 Å². The fraction of sp³-hybridized carbons (Fsp3) is 0.588. The fourth-order valence-electron chi connectivity index (χ4n) is 3.00. The first kappa shape index (κ1) is 15.0. The van der Waals surface area contributed by atoms with Crippen LogP contribution < -0.4 is 5.32 Å². The minimum Gasteiger partial charge on any atom is -0.353 e. The summed E-state index contributed by atoms with van der Waals surface area (Å²) in [5, 5.41) is 3.08. The van der Waals surface area contributed by atoms with Gasteiger partial charge in [-0.3, -0.25) is 9.69 Å². The molecular formula is C17H26N2O. The molecule has 1 aliphatic heterocycles. The maximum absolute atomic E-state index is 12.0. The molecule has 1 heterocycles. The summed E-state index contributed by atoms with van der Waals surface area (Å²) in [6.07, 6.45) is 3.32. The van der Waals surface area contributed by atoms with Gasteiger partial charge in [0.25, 0.3) is 0 Å². The van der Waals surface area contributed by atoms with Crippen molar-refractivity contribution in [1.29, 1.82) is 0 Å². The second kappa shape index (κ2) is 7.44. The second-order valence-corrected chi connectivity index (χ2v) is 5.89. The molecule has 1 saturated heterocycles. The minimum atomic E-state index is 0.166. The van der Waals surface area contributed by atoms with Gasteiger partial charge in [-0.1, -0.05) is 43.7 Å². The van der Waals surface area contributed by atoms with Gasteiger partial charge >= 0.3 is 0 Å². The van der Waals surface area contributed by atoms with Crippen LogP contribution in [0.2, 0.25) is 0 Å². The summed E-state index contributed by atoms with van der Waals surface area (Å²) in [6, 6.07) is 10.9. The molecule has 0 aromatic heterocycles. The zero-order valence-corrected chi connectivity index (χ0v) is 12.6. The van der Waals surface area contributed by atoms with E-state index in [1.165, 1.54) is 5.56 Å². The Morgan fingerprint density at radius 2 is 2.15 bits per heavy atom. The molecule has 1 fully saturated rings. The number of rotatable bonds is 6. The Labute approximate surface area is 122 Å². The Bertz CT molecular complexity index is 418. The summed E-state index contributed by atoms with van der Waals surface area (Å²) in [5.74, 6) is 0.747. The molecule has 3 heteroatoms. The molecule has 0 aliphatic carbocycles. The highest BCUT2D eigenvalue weighted by Crippen LogP contribution is 2.26. The number of nitrogens with one attached hydrogen (secondary N) is 1. The largest absolute Gasteiger partial charge is 0.353 e. The Hall–Kier alpha value is -1.35. The van der Waals surface area contributed by atoms with Gasteiger partial charge in [-0.05, 0) is 37.8 Å².